The van der Waals surface area contributed by atoms with Crippen molar-refractivity contribution in [1.82, 2.24) is 30.2 Å². The van der Waals surface area contributed by atoms with Crippen LogP contribution in [0.4, 0.5) is 0 Å². The molecule has 0 atom stereocenters. The zero-order chi connectivity index (χ0) is 27.8. The minimum atomic E-state index is 0.101. The molecule has 0 aliphatic carbocycles. The molecule has 0 spiro atoms. The fourth-order valence-electron chi connectivity index (χ4n) is 4.31. The fourth-order valence-corrected chi connectivity index (χ4v) is 4.31. The van der Waals surface area contributed by atoms with Crippen LogP contribution >= 0.6 is 0 Å². The summed E-state index contributed by atoms with van der Waals surface area (Å²) < 4.78 is 0. The summed E-state index contributed by atoms with van der Waals surface area (Å²) in [5, 5.41) is 7.06. The Balaban J connectivity index is 4.67. The molecule has 0 aliphatic rings. The molecule has 224 valence electrons. The highest BCUT2D eigenvalue weighted by Crippen LogP contribution is 2.14. The minimum absolute atomic E-state index is 0.101. The molecule has 0 saturated carbocycles. The van der Waals surface area contributed by atoms with Gasteiger partial charge in [0.15, 0.2) is 0 Å². The highest BCUT2D eigenvalue weighted by Gasteiger charge is 2.19. The highest BCUT2D eigenvalue weighted by molar-refractivity contribution is 4.76. The van der Waals surface area contributed by atoms with Gasteiger partial charge in [0.1, 0.15) is 0 Å². The number of nitrogens with zero attached hydrogens (tertiary/aromatic N) is 4. The van der Waals surface area contributed by atoms with Gasteiger partial charge in [-0.3, -0.25) is 14.7 Å². The average Bonchev–Trinajstić information content (AvgIpc) is 2.87. The Hall–Kier alpha value is -0.480. The summed E-state index contributed by atoms with van der Waals surface area (Å²) >= 11 is 0. The van der Waals surface area contributed by atoms with Gasteiger partial charge in [-0.2, -0.15) is 0 Å². The van der Waals surface area contributed by atoms with Crippen LogP contribution in [0, 0.1) is 5.41 Å². The third kappa shape index (κ3) is 21.1. The monoisotopic (exact) mass is 533 g/mol. The first kappa shape index (κ1) is 36.5. The van der Waals surface area contributed by atoms with Crippen LogP contribution in [0.2, 0.25) is 0 Å². The molecule has 0 aliphatic heterocycles. The molecule has 0 amide bonds. The number of nitrogens with one attached hydrogen (secondary N) is 2. The molecule has 0 bridgehead atoms. The van der Waals surface area contributed by atoms with E-state index < -0.39 is 0 Å². The van der Waals surface area contributed by atoms with E-state index in [0.717, 1.165) is 105 Å². The largest absolute Gasteiger partial charge is 0.330 e. The van der Waals surface area contributed by atoms with Crippen LogP contribution in [0.15, 0.2) is 0 Å². The molecule has 37 heavy (non-hydrogen) atoms. The molecular formula is C25H64N12. The van der Waals surface area contributed by atoms with Crippen molar-refractivity contribution in [2.75, 3.05) is 144 Å². The molecule has 0 aromatic heterocycles. The Morgan fingerprint density at radius 3 is 1.19 bits per heavy atom. The van der Waals surface area contributed by atoms with Crippen LogP contribution in [0.1, 0.15) is 13.8 Å². The second-order valence-electron chi connectivity index (χ2n) is 10.6. The van der Waals surface area contributed by atoms with Crippen molar-refractivity contribution in [1.29, 1.82) is 0 Å². The number of rotatable bonds is 28. The normalized spacial score (nSPS) is 12.6. The van der Waals surface area contributed by atoms with Gasteiger partial charge in [-0.25, -0.2) is 0 Å². The Morgan fingerprint density at radius 2 is 0.784 bits per heavy atom. The van der Waals surface area contributed by atoms with Crippen molar-refractivity contribution < 1.29 is 0 Å². The summed E-state index contributed by atoms with van der Waals surface area (Å²) in [4.78, 5) is 9.73. The molecule has 0 unspecified atom stereocenters. The Kier molecular flexibility index (Phi) is 24.2. The minimum Gasteiger partial charge on any atom is -0.330 e. The first-order valence-electron chi connectivity index (χ1n) is 14.4. The third-order valence-electron chi connectivity index (χ3n) is 6.59. The van der Waals surface area contributed by atoms with E-state index in [1.54, 1.807) is 0 Å². The van der Waals surface area contributed by atoms with Gasteiger partial charge in [-0.05, 0) is 12.0 Å². The first-order valence-corrected chi connectivity index (χ1v) is 14.4. The van der Waals surface area contributed by atoms with Gasteiger partial charge >= 0.3 is 0 Å². The summed E-state index contributed by atoms with van der Waals surface area (Å²) in [7, 11) is 0. The molecule has 12 heteroatoms. The second kappa shape index (κ2) is 24.6. The van der Waals surface area contributed by atoms with Crippen LogP contribution < -0.4 is 45.0 Å². The van der Waals surface area contributed by atoms with Crippen LogP contribution in [0.3, 0.4) is 0 Å². The Labute approximate surface area is 228 Å². The molecule has 0 rings (SSSR count). The number of hydrogen-bond donors (Lipinski definition) is 8. The maximum Gasteiger partial charge on any atom is 0.0110 e. The predicted molar refractivity (Wildman–Crippen MR) is 160 cm³/mol. The standard InChI is InChI=1S/C25H64N12/c1-25(2,23-31)24-37(15-7-30)18-11-33-10-17-36(16-9-32-8-3-26)22-21-35(14-6-29)20-19-34(12-4-27)13-5-28/h32-33H,3-24,26-31H2,1-2H3. The zero-order valence-corrected chi connectivity index (χ0v) is 24.3. The predicted octanol–water partition coefficient (Wildman–Crippen LogP) is -3.85. The number of hydrogen-bond acceptors (Lipinski definition) is 12. The van der Waals surface area contributed by atoms with Gasteiger partial charge in [-0.15, -0.1) is 0 Å². The molecule has 0 saturated heterocycles. The molecule has 0 fully saturated rings. The Morgan fingerprint density at radius 1 is 0.432 bits per heavy atom. The van der Waals surface area contributed by atoms with Gasteiger partial charge in [0.25, 0.3) is 0 Å². The lowest BCUT2D eigenvalue weighted by Gasteiger charge is -2.32. The quantitative estimate of drug-likeness (QED) is 0.0458. The zero-order valence-electron chi connectivity index (χ0n) is 24.3. The second-order valence-corrected chi connectivity index (χ2v) is 10.6. The number of nitrogens with two attached hydrogens (primary N) is 6. The van der Waals surface area contributed by atoms with E-state index in [0.29, 0.717) is 39.3 Å². The summed E-state index contributed by atoms with van der Waals surface area (Å²) in [6.45, 7) is 23.5. The smallest absolute Gasteiger partial charge is 0.0110 e. The SMILES string of the molecule is CC(C)(CN)CN(CCN)CCNCCN(CCNCCN)CCN(CCN)CCN(CCN)CCN. The van der Waals surface area contributed by atoms with E-state index in [1.807, 2.05) is 0 Å². The van der Waals surface area contributed by atoms with Crippen molar-refractivity contribution in [2.45, 2.75) is 13.8 Å². The van der Waals surface area contributed by atoms with Crippen LogP contribution in [0.25, 0.3) is 0 Å². The molecule has 0 aromatic carbocycles. The van der Waals surface area contributed by atoms with E-state index in [1.165, 1.54) is 0 Å². The van der Waals surface area contributed by atoms with Gasteiger partial charge < -0.3 is 49.9 Å². The lowest BCUT2D eigenvalue weighted by molar-refractivity contribution is 0.177. The summed E-state index contributed by atoms with van der Waals surface area (Å²) in [6.07, 6.45) is 0. The molecular weight excluding hydrogens is 468 g/mol. The lowest BCUT2D eigenvalue weighted by Crippen LogP contribution is -2.46. The van der Waals surface area contributed by atoms with Gasteiger partial charge in [0.2, 0.25) is 0 Å². The molecule has 0 radical (unpaired) electrons. The lowest BCUT2D eigenvalue weighted by atomic mass is 9.93. The fraction of sp³-hybridized carbons (Fsp3) is 1.00. The Bertz CT molecular complexity index is 477. The van der Waals surface area contributed by atoms with Crippen molar-refractivity contribution in [3.8, 4) is 0 Å². The van der Waals surface area contributed by atoms with E-state index >= 15 is 0 Å². The molecule has 12 nitrogen and oxygen atoms in total. The van der Waals surface area contributed by atoms with Crippen LogP contribution in [0.5, 0.6) is 0 Å². The maximum absolute atomic E-state index is 5.93. The van der Waals surface area contributed by atoms with Crippen molar-refractivity contribution in [3.05, 3.63) is 0 Å². The summed E-state index contributed by atoms with van der Waals surface area (Å²) in [5.74, 6) is 0. The van der Waals surface area contributed by atoms with Gasteiger partial charge in [0, 0.05) is 137 Å². The van der Waals surface area contributed by atoms with E-state index in [9.17, 15) is 0 Å². The van der Waals surface area contributed by atoms with Gasteiger partial charge in [-0.1, -0.05) is 13.8 Å². The first-order chi connectivity index (χ1) is 17.8. The topological polar surface area (TPSA) is 193 Å². The van der Waals surface area contributed by atoms with Crippen molar-refractivity contribution in [3.63, 3.8) is 0 Å². The molecule has 0 aromatic rings. The van der Waals surface area contributed by atoms with E-state index in [2.05, 4.69) is 44.1 Å². The highest BCUT2D eigenvalue weighted by atomic mass is 15.2. The molecule has 14 N–H and O–H groups in total. The van der Waals surface area contributed by atoms with Crippen LogP contribution in [-0.4, -0.2) is 164 Å². The maximum atomic E-state index is 5.93. The average molecular weight is 533 g/mol. The molecule has 0 heterocycles. The van der Waals surface area contributed by atoms with E-state index in [-0.39, 0.29) is 5.41 Å². The van der Waals surface area contributed by atoms with E-state index in [4.69, 9.17) is 34.4 Å². The van der Waals surface area contributed by atoms with Crippen molar-refractivity contribution in [2.24, 2.45) is 39.8 Å². The summed E-state index contributed by atoms with van der Waals surface area (Å²) in [6, 6.07) is 0. The van der Waals surface area contributed by atoms with Crippen LogP contribution in [-0.2, 0) is 0 Å². The summed E-state index contributed by atoms with van der Waals surface area (Å²) in [5.41, 5.74) is 35.0. The van der Waals surface area contributed by atoms with Gasteiger partial charge in [0.05, 0.1) is 0 Å². The van der Waals surface area contributed by atoms with Crippen molar-refractivity contribution >= 4 is 0 Å². The third-order valence-corrected chi connectivity index (χ3v) is 6.59.